The van der Waals surface area contributed by atoms with Crippen molar-refractivity contribution in [3.05, 3.63) is 35.4 Å². The number of piperidine rings is 1. The van der Waals surface area contributed by atoms with Crippen molar-refractivity contribution >= 4 is 11.8 Å². The summed E-state index contributed by atoms with van der Waals surface area (Å²) in [5.41, 5.74) is 1.09. The Morgan fingerprint density at radius 2 is 1.65 bits per heavy atom. The molecule has 122 valence electrons. The van der Waals surface area contributed by atoms with Crippen molar-refractivity contribution in [1.29, 1.82) is 0 Å². The molecule has 2 saturated heterocycles. The van der Waals surface area contributed by atoms with Crippen LogP contribution in [0.15, 0.2) is 24.3 Å². The lowest BCUT2D eigenvalue weighted by Crippen LogP contribution is -2.46. The molecule has 1 aromatic rings. The monoisotopic (exact) mass is 313 g/mol. The first-order valence-electron chi connectivity index (χ1n) is 8.65. The van der Waals surface area contributed by atoms with Gasteiger partial charge in [0.15, 0.2) is 0 Å². The molecule has 0 aliphatic carbocycles. The van der Waals surface area contributed by atoms with Crippen molar-refractivity contribution in [2.24, 2.45) is 5.92 Å². The maximum absolute atomic E-state index is 12.4. The summed E-state index contributed by atoms with van der Waals surface area (Å²) in [5.74, 6) is 0.450. The first-order chi connectivity index (χ1) is 11.2. The molecule has 2 fully saturated rings. The molecular formula is C18H23N3O2. The molecule has 1 N–H and O–H groups in total. The molecule has 3 heterocycles. The zero-order valence-electron chi connectivity index (χ0n) is 13.3. The lowest BCUT2D eigenvalue weighted by Gasteiger charge is -2.36. The Balaban J connectivity index is 1.37. The number of amides is 2. The van der Waals surface area contributed by atoms with Crippen molar-refractivity contribution in [2.45, 2.75) is 31.7 Å². The zero-order chi connectivity index (χ0) is 15.8. The van der Waals surface area contributed by atoms with Gasteiger partial charge in [0, 0.05) is 19.1 Å². The van der Waals surface area contributed by atoms with Gasteiger partial charge in [-0.3, -0.25) is 19.4 Å². The third-order valence-electron chi connectivity index (χ3n) is 5.52. The smallest absolute Gasteiger partial charge is 0.262 e. The third kappa shape index (κ3) is 2.68. The SMILES string of the molecule is O=C1c2ccccc2C(=O)N1CN1CCC(C2CCCN2)CC1. The van der Waals surface area contributed by atoms with Gasteiger partial charge in [-0.25, -0.2) is 0 Å². The summed E-state index contributed by atoms with van der Waals surface area (Å²) in [6.45, 7) is 3.52. The highest BCUT2D eigenvalue weighted by Crippen LogP contribution is 2.27. The lowest BCUT2D eigenvalue weighted by molar-refractivity contribution is 0.0483. The van der Waals surface area contributed by atoms with Crippen LogP contribution in [-0.4, -0.2) is 54.0 Å². The van der Waals surface area contributed by atoms with Crippen LogP contribution in [0, 0.1) is 5.92 Å². The van der Waals surface area contributed by atoms with E-state index in [9.17, 15) is 9.59 Å². The average molecular weight is 313 g/mol. The highest BCUT2D eigenvalue weighted by atomic mass is 16.2. The van der Waals surface area contributed by atoms with E-state index in [-0.39, 0.29) is 11.8 Å². The molecular weight excluding hydrogens is 290 g/mol. The zero-order valence-corrected chi connectivity index (χ0v) is 13.3. The van der Waals surface area contributed by atoms with Gasteiger partial charge < -0.3 is 5.32 Å². The van der Waals surface area contributed by atoms with Crippen molar-refractivity contribution < 1.29 is 9.59 Å². The van der Waals surface area contributed by atoms with Gasteiger partial charge in [-0.2, -0.15) is 0 Å². The van der Waals surface area contributed by atoms with Crippen LogP contribution in [0.3, 0.4) is 0 Å². The first-order valence-corrected chi connectivity index (χ1v) is 8.65. The van der Waals surface area contributed by atoms with Gasteiger partial charge in [0.2, 0.25) is 0 Å². The molecule has 1 atom stereocenters. The summed E-state index contributed by atoms with van der Waals surface area (Å²) < 4.78 is 0. The molecule has 0 bridgehead atoms. The maximum Gasteiger partial charge on any atom is 0.262 e. The molecule has 3 aliphatic heterocycles. The van der Waals surface area contributed by atoms with Crippen molar-refractivity contribution in [1.82, 2.24) is 15.1 Å². The topological polar surface area (TPSA) is 52.7 Å². The molecule has 0 aromatic heterocycles. The molecule has 1 unspecified atom stereocenters. The van der Waals surface area contributed by atoms with Gasteiger partial charge in [0.05, 0.1) is 17.8 Å². The number of hydrogen-bond donors (Lipinski definition) is 1. The van der Waals surface area contributed by atoms with Crippen molar-refractivity contribution in [2.75, 3.05) is 26.3 Å². The van der Waals surface area contributed by atoms with Gasteiger partial charge in [0.1, 0.15) is 0 Å². The predicted octanol–water partition coefficient (Wildman–Crippen LogP) is 1.70. The van der Waals surface area contributed by atoms with Crippen LogP contribution < -0.4 is 5.32 Å². The van der Waals surface area contributed by atoms with E-state index < -0.39 is 0 Å². The van der Waals surface area contributed by atoms with Gasteiger partial charge in [-0.15, -0.1) is 0 Å². The fourth-order valence-corrected chi connectivity index (χ4v) is 4.18. The van der Waals surface area contributed by atoms with Gasteiger partial charge in [0.25, 0.3) is 11.8 Å². The van der Waals surface area contributed by atoms with E-state index in [1.54, 1.807) is 12.1 Å². The van der Waals surface area contributed by atoms with E-state index in [0.29, 0.717) is 23.8 Å². The molecule has 23 heavy (non-hydrogen) atoms. The minimum atomic E-state index is -0.148. The number of likely N-dealkylation sites (tertiary alicyclic amines) is 1. The molecule has 2 amide bonds. The van der Waals surface area contributed by atoms with Crippen LogP contribution in [-0.2, 0) is 0 Å². The van der Waals surface area contributed by atoms with Crippen LogP contribution in [0.4, 0.5) is 0 Å². The van der Waals surface area contributed by atoms with Crippen LogP contribution in [0.1, 0.15) is 46.4 Å². The lowest BCUT2D eigenvalue weighted by atomic mass is 9.89. The second-order valence-electron chi connectivity index (χ2n) is 6.88. The Morgan fingerprint density at radius 1 is 1.00 bits per heavy atom. The Labute approximate surface area is 136 Å². The molecule has 4 rings (SSSR count). The number of imide groups is 1. The molecule has 0 spiro atoms. The number of benzene rings is 1. The maximum atomic E-state index is 12.4. The Morgan fingerprint density at radius 3 is 2.22 bits per heavy atom. The Kier molecular flexibility index (Phi) is 3.91. The number of nitrogens with one attached hydrogen (secondary N) is 1. The molecule has 1 aromatic carbocycles. The van der Waals surface area contributed by atoms with Crippen LogP contribution in [0.25, 0.3) is 0 Å². The van der Waals surface area contributed by atoms with Gasteiger partial charge in [-0.1, -0.05) is 12.1 Å². The number of fused-ring (bicyclic) bond motifs is 1. The largest absolute Gasteiger partial charge is 0.314 e. The Bertz CT molecular complexity index is 581. The van der Waals surface area contributed by atoms with Crippen LogP contribution in [0.2, 0.25) is 0 Å². The van der Waals surface area contributed by atoms with E-state index in [0.717, 1.165) is 38.4 Å². The summed E-state index contributed by atoms with van der Waals surface area (Å²) in [7, 11) is 0. The quantitative estimate of drug-likeness (QED) is 0.863. The number of carbonyl (C=O) groups is 2. The molecule has 0 radical (unpaired) electrons. The molecule has 3 aliphatic rings. The average Bonchev–Trinajstić information content (AvgIpc) is 3.20. The van der Waals surface area contributed by atoms with Crippen molar-refractivity contribution in [3.63, 3.8) is 0 Å². The standard InChI is InChI=1S/C18H23N3O2/c22-17-14-4-1-2-5-15(14)18(23)21(17)12-20-10-7-13(8-11-20)16-6-3-9-19-16/h1-2,4-5,13,16,19H,3,6-12H2. The predicted molar refractivity (Wildman–Crippen MR) is 87.1 cm³/mol. The summed E-state index contributed by atoms with van der Waals surface area (Å²) >= 11 is 0. The second-order valence-corrected chi connectivity index (χ2v) is 6.88. The van der Waals surface area contributed by atoms with E-state index in [1.807, 2.05) is 12.1 Å². The normalized spacial score (nSPS) is 26.1. The number of carbonyl (C=O) groups excluding carboxylic acids is 2. The first kappa shape index (κ1) is 14.8. The fourth-order valence-electron chi connectivity index (χ4n) is 4.18. The fraction of sp³-hybridized carbons (Fsp3) is 0.556. The summed E-state index contributed by atoms with van der Waals surface area (Å²) in [6, 6.07) is 7.79. The van der Waals surface area contributed by atoms with E-state index in [2.05, 4.69) is 10.2 Å². The van der Waals surface area contributed by atoms with Crippen LogP contribution >= 0.6 is 0 Å². The van der Waals surface area contributed by atoms with E-state index in [4.69, 9.17) is 0 Å². The van der Waals surface area contributed by atoms with Crippen molar-refractivity contribution in [3.8, 4) is 0 Å². The minimum absolute atomic E-state index is 0.148. The second kappa shape index (κ2) is 6.06. The highest BCUT2D eigenvalue weighted by Gasteiger charge is 2.37. The summed E-state index contributed by atoms with van der Waals surface area (Å²) in [4.78, 5) is 28.5. The number of hydrogen-bond acceptors (Lipinski definition) is 4. The Hall–Kier alpha value is -1.72. The number of rotatable bonds is 3. The third-order valence-corrected chi connectivity index (χ3v) is 5.52. The molecule has 5 nitrogen and oxygen atoms in total. The van der Waals surface area contributed by atoms with E-state index in [1.165, 1.54) is 17.7 Å². The van der Waals surface area contributed by atoms with Gasteiger partial charge >= 0.3 is 0 Å². The van der Waals surface area contributed by atoms with Gasteiger partial charge in [-0.05, 0) is 50.3 Å². The van der Waals surface area contributed by atoms with E-state index >= 15 is 0 Å². The molecule has 5 heteroatoms. The van der Waals surface area contributed by atoms with Crippen LogP contribution in [0.5, 0.6) is 0 Å². The molecule has 0 saturated carbocycles. The summed E-state index contributed by atoms with van der Waals surface area (Å²) in [5, 5.41) is 3.60. The minimum Gasteiger partial charge on any atom is -0.314 e. The summed E-state index contributed by atoms with van der Waals surface area (Å²) in [6.07, 6.45) is 4.89. The number of nitrogens with zero attached hydrogens (tertiary/aromatic N) is 2. The highest BCUT2D eigenvalue weighted by molar-refractivity contribution is 6.21.